The minimum absolute atomic E-state index is 0.161. The second-order valence-corrected chi connectivity index (χ2v) is 4.05. The summed E-state index contributed by atoms with van der Waals surface area (Å²) in [5.74, 6) is -2.02. The van der Waals surface area contributed by atoms with Gasteiger partial charge in [-0.3, -0.25) is 4.79 Å². The molecule has 1 heterocycles. The highest BCUT2D eigenvalue weighted by atomic mass is 19.2. The minimum atomic E-state index is -0.916. The van der Waals surface area contributed by atoms with Crippen molar-refractivity contribution in [2.75, 3.05) is 19.8 Å². The lowest BCUT2D eigenvalue weighted by Crippen LogP contribution is -2.51. The molecule has 1 aliphatic heterocycles. The molecule has 0 radical (unpaired) electrons. The molecule has 0 aliphatic carbocycles. The molecule has 1 aromatic carbocycles. The molecule has 0 aromatic heterocycles. The number of hydrogen-bond acceptors (Lipinski definition) is 3. The van der Waals surface area contributed by atoms with Gasteiger partial charge in [-0.1, -0.05) is 6.07 Å². The zero-order valence-corrected chi connectivity index (χ0v) is 9.71. The van der Waals surface area contributed by atoms with Gasteiger partial charge in [0.25, 0.3) is 0 Å². The molecule has 1 unspecified atom stereocenters. The van der Waals surface area contributed by atoms with Crippen LogP contribution in [0.1, 0.15) is 5.56 Å². The molecule has 1 amide bonds. The number of nitrogens with one attached hydrogen (secondary N) is 2. The molecule has 0 bridgehead atoms. The van der Waals surface area contributed by atoms with Crippen LogP contribution < -0.4 is 10.6 Å². The van der Waals surface area contributed by atoms with Crippen molar-refractivity contribution < 1.29 is 18.3 Å². The molecule has 1 aromatic rings. The average molecular weight is 256 g/mol. The van der Waals surface area contributed by atoms with Gasteiger partial charge in [0, 0.05) is 13.1 Å². The molecule has 6 heteroatoms. The van der Waals surface area contributed by atoms with Crippen molar-refractivity contribution in [2.24, 2.45) is 0 Å². The molecule has 2 N–H and O–H groups in total. The third-order valence-corrected chi connectivity index (χ3v) is 2.69. The second kappa shape index (κ2) is 5.88. The van der Waals surface area contributed by atoms with Crippen LogP contribution in [0, 0.1) is 11.6 Å². The summed E-state index contributed by atoms with van der Waals surface area (Å²) in [5.41, 5.74) is 0.513. The van der Waals surface area contributed by atoms with Gasteiger partial charge >= 0.3 is 0 Å². The molecule has 4 nitrogen and oxygen atoms in total. The van der Waals surface area contributed by atoms with Crippen LogP contribution in [-0.2, 0) is 16.1 Å². The summed E-state index contributed by atoms with van der Waals surface area (Å²) in [4.78, 5) is 11.7. The Kier molecular flexibility index (Phi) is 4.22. The maximum absolute atomic E-state index is 12.9. The first-order valence-electron chi connectivity index (χ1n) is 5.69. The van der Waals surface area contributed by atoms with E-state index in [1.165, 1.54) is 6.07 Å². The van der Waals surface area contributed by atoms with Crippen LogP contribution in [0.2, 0.25) is 0 Å². The summed E-state index contributed by atoms with van der Waals surface area (Å²) in [6, 6.07) is 3.16. The predicted octanol–water partition coefficient (Wildman–Crippen LogP) is 0.569. The molecule has 98 valence electrons. The fourth-order valence-electron chi connectivity index (χ4n) is 1.70. The highest BCUT2D eigenvalue weighted by Crippen LogP contribution is 2.08. The molecule has 2 rings (SSSR count). The third-order valence-electron chi connectivity index (χ3n) is 2.69. The van der Waals surface area contributed by atoms with Gasteiger partial charge in [-0.15, -0.1) is 0 Å². The van der Waals surface area contributed by atoms with Gasteiger partial charge in [0.05, 0.1) is 13.2 Å². The van der Waals surface area contributed by atoms with Gasteiger partial charge in [0.15, 0.2) is 11.6 Å². The predicted molar refractivity (Wildman–Crippen MR) is 60.8 cm³/mol. The van der Waals surface area contributed by atoms with Crippen molar-refractivity contribution in [3.05, 3.63) is 35.4 Å². The van der Waals surface area contributed by atoms with Crippen molar-refractivity contribution in [3.8, 4) is 0 Å². The lowest BCUT2D eigenvalue weighted by molar-refractivity contribution is -0.126. The summed E-state index contributed by atoms with van der Waals surface area (Å²) in [6.45, 7) is 1.70. The maximum atomic E-state index is 12.9. The van der Waals surface area contributed by atoms with Gasteiger partial charge in [-0.25, -0.2) is 8.78 Å². The summed E-state index contributed by atoms with van der Waals surface area (Å²) >= 11 is 0. The van der Waals surface area contributed by atoms with Crippen LogP contribution in [-0.4, -0.2) is 31.7 Å². The summed E-state index contributed by atoms with van der Waals surface area (Å²) in [7, 11) is 0. The first-order valence-corrected chi connectivity index (χ1v) is 5.69. The van der Waals surface area contributed by atoms with Gasteiger partial charge in [0.2, 0.25) is 5.91 Å². The lowest BCUT2D eigenvalue weighted by Gasteiger charge is -2.22. The van der Waals surface area contributed by atoms with E-state index in [9.17, 15) is 13.6 Å². The smallest absolute Gasteiger partial charge is 0.239 e. The third kappa shape index (κ3) is 3.24. The first kappa shape index (κ1) is 12.9. The number of halogens is 2. The molecule has 0 spiro atoms. The second-order valence-electron chi connectivity index (χ2n) is 4.05. The van der Waals surface area contributed by atoms with E-state index in [4.69, 9.17) is 4.74 Å². The molecule has 0 saturated carbocycles. The Bertz CT molecular complexity index is 434. The summed E-state index contributed by atoms with van der Waals surface area (Å²) in [6.07, 6.45) is 0. The van der Waals surface area contributed by atoms with Gasteiger partial charge in [-0.05, 0) is 17.7 Å². The number of amides is 1. The van der Waals surface area contributed by atoms with E-state index < -0.39 is 11.6 Å². The summed E-state index contributed by atoms with van der Waals surface area (Å²) in [5, 5.41) is 5.65. The molecule has 18 heavy (non-hydrogen) atoms. The van der Waals surface area contributed by atoms with E-state index in [0.29, 0.717) is 25.3 Å². The number of ether oxygens (including phenoxy) is 1. The van der Waals surface area contributed by atoms with Crippen molar-refractivity contribution in [2.45, 2.75) is 12.6 Å². The van der Waals surface area contributed by atoms with Crippen LogP contribution in [0.3, 0.4) is 0 Å². The topological polar surface area (TPSA) is 50.4 Å². The Labute approximate surface area is 103 Å². The zero-order chi connectivity index (χ0) is 13.0. The average Bonchev–Trinajstić information content (AvgIpc) is 2.41. The first-order chi connectivity index (χ1) is 8.66. The van der Waals surface area contributed by atoms with E-state index in [-0.39, 0.29) is 18.5 Å². The van der Waals surface area contributed by atoms with Gasteiger partial charge in [-0.2, -0.15) is 0 Å². The maximum Gasteiger partial charge on any atom is 0.239 e. The highest BCUT2D eigenvalue weighted by molar-refractivity contribution is 5.81. The summed E-state index contributed by atoms with van der Waals surface area (Å²) < 4.78 is 30.8. The molecule has 1 atom stereocenters. The van der Waals surface area contributed by atoms with Crippen LogP contribution >= 0.6 is 0 Å². The number of carbonyl (C=O) groups excluding carboxylic acids is 1. The van der Waals surface area contributed by atoms with E-state index in [2.05, 4.69) is 10.6 Å². The SMILES string of the molecule is O=C(NCc1ccc(F)c(F)c1)C1COCCN1. The molecular weight excluding hydrogens is 242 g/mol. The number of benzene rings is 1. The fourth-order valence-corrected chi connectivity index (χ4v) is 1.70. The number of carbonyl (C=O) groups is 1. The highest BCUT2D eigenvalue weighted by Gasteiger charge is 2.20. The molecule has 1 aliphatic rings. The van der Waals surface area contributed by atoms with Crippen LogP contribution in [0.25, 0.3) is 0 Å². The van der Waals surface area contributed by atoms with Crippen molar-refractivity contribution in [3.63, 3.8) is 0 Å². The number of morpholine rings is 1. The minimum Gasteiger partial charge on any atom is -0.378 e. The fraction of sp³-hybridized carbons (Fsp3) is 0.417. The van der Waals surface area contributed by atoms with Crippen LogP contribution in [0.15, 0.2) is 18.2 Å². The quantitative estimate of drug-likeness (QED) is 0.831. The Balaban J connectivity index is 1.86. The Morgan fingerprint density at radius 1 is 1.44 bits per heavy atom. The molecule has 1 saturated heterocycles. The van der Waals surface area contributed by atoms with Crippen LogP contribution in [0.5, 0.6) is 0 Å². The van der Waals surface area contributed by atoms with E-state index in [1.807, 2.05) is 0 Å². The Morgan fingerprint density at radius 3 is 2.94 bits per heavy atom. The van der Waals surface area contributed by atoms with E-state index in [0.717, 1.165) is 12.1 Å². The van der Waals surface area contributed by atoms with Gasteiger partial charge in [0.1, 0.15) is 6.04 Å². The Morgan fingerprint density at radius 2 is 2.28 bits per heavy atom. The van der Waals surface area contributed by atoms with Crippen molar-refractivity contribution in [1.29, 1.82) is 0 Å². The lowest BCUT2D eigenvalue weighted by atomic mass is 10.2. The molecular formula is C12H14F2N2O2. The largest absolute Gasteiger partial charge is 0.378 e. The van der Waals surface area contributed by atoms with E-state index in [1.54, 1.807) is 0 Å². The number of rotatable bonds is 3. The Hall–Kier alpha value is -1.53. The van der Waals surface area contributed by atoms with Crippen molar-refractivity contribution in [1.82, 2.24) is 10.6 Å². The molecule has 1 fully saturated rings. The monoisotopic (exact) mass is 256 g/mol. The zero-order valence-electron chi connectivity index (χ0n) is 9.71. The number of hydrogen-bond donors (Lipinski definition) is 2. The normalized spacial score (nSPS) is 19.6. The van der Waals surface area contributed by atoms with Crippen molar-refractivity contribution >= 4 is 5.91 Å². The van der Waals surface area contributed by atoms with Crippen LogP contribution in [0.4, 0.5) is 8.78 Å². The standard InChI is InChI=1S/C12H14F2N2O2/c13-9-2-1-8(5-10(9)14)6-16-12(17)11-7-18-4-3-15-11/h1-2,5,11,15H,3-4,6-7H2,(H,16,17). The van der Waals surface area contributed by atoms with Gasteiger partial charge < -0.3 is 15.4 Å². The van der Waals surface area contributed by atoms with E-state index >= 15 is 0 Å².